The molecule has 3 aliphatic carbocycles. The van der Waals surface area contributed by atoms with Gasteiger partial charge in [0.1, 0.15) is 11.9 Å². The number of hydrogen-bond acceptors (Lipinski definition) is 5. The summed E-state index contributed by atoms with van der Waals surface area (Å²) in [5, 5.41) is 8.24. The predicted octanol–water partition coefficient (Wildman–Crippen LogP) is 4.23. The van der Waals surface area contributed by atoms with Gasteiger partial charge in [-0.05, 0) is 54.7 Å². The van der Waals surface area contributed by atoms with Gasteiger partial charge in [-0.3, -0.25) is 14.9 Å². The minimum absolute atomic E-state index is 0.0893. The lowest BCUT2D eigenvalue weighted by Crippen LogP contribution is -2.51. The van der Waals surface area contributed by atoms with E-state index in [4.69, 9.17) is 4.74 Å². The summed E-state index contributed by atoms with van der Waals surface area (Å²) in [6.07, 6.45) is 17.0. The van der Waals surface area contributed by atoms with Crippen molar-refractivity contribution in [2.45, 2.75) is 57.6 Å². The molecule has 1 saturated heterocycles. The van der Waals surface area contributed by atoms with E-state index < -0.39 is 0 Å². The molecule has 0 spiro atoms. The Hall–Kier alpha value is -3.72. The van der Waals surface area contributed by atoms with Gasteiger partial charge >= 0.3 is 6.03 Å². The largest absolute Gasteiger partial charge is 0.369 e. The summed E-state index contributed by atoms with van der Waals surface area (Å²) in [6, 6.07) is -0.668. The van der Waals surface area contributed by atoms with Gasteiger partial charge in [0.2, 0.25) is 11.8 Å². The molecule has 2 heterocycles. The van der Waals surface area contributed by atoms with Gasteiger partial charge in [0, 0.05) is 42.9 Å². The zero-order valence-corrected chi connectivity index (χ0v) is 22.9. The third-order valence-corrected chi connectivity index (χ3v) is 8.21. The Morgan fingerprint density at radius 3 is 2.73 bits per heavy atom. The van der Waals surface area contributed by atoms with Crippen LogP contribution < -0.4 is 16.0 Å². The molecule has 0 aromatic rings. The van der Waals surface area contributed by atoms with Crippen LogP contribution >= 0.6 is 0 Å². The first-order chi connectivity index (χ1) is 19.3. The number of ether oxygens (including phenoxy) is 1. The fourth-order valence-electron chi connectivity index (χ4n) is 5.76. The molecule has 2 aliphatic heterocycles. The number of amides is 4. The first-order valence-electron chi connectivity index (χ1n) is 14.1. The molecule has 4 atom stereocenters. The molecule has 3 N–H and O–H groups in total. The zero-order chi connectivity index (χ0) is 28.2. The monoisotopic (exact) mass is 548 g/mol. The van der Waals surface area contributed by atoms with Gasteiger partial charge in [0.25, 0.3) is 0 Å². The molecule has 5 rings (SSSR count). The molecular weight excluding hydrogens is 511 g/mol. The number of nitrogens with one attached hydrogen (secondary N) is 3. The highest BCUT2D eigenvalue weighted by molar-refractivity contribution is 6.00. The Balaban J connectivity index is 1.03. The first kappa shape index (κ1) is 27.8. The highest BCUT2D eigenvalue weighted by Gasteiger charge is 2.37. The van der Waals surface area contributed by atoms with E-state index in [-0.39, 0.29) is 54.3 Å². The third kappa shape index (κ3) is 6.36. The molecule has 9 heteroatoms. The lowest BCUT2D eigenvalue weighted by atomic mass is 9.90. The summed E-state index contributed by atoms with van der Waals surface area (Å²) in [4.78, 5) is 38.4. The lowest BCUT2D eigenvalue weighted by molar-refractivity contribution is -0.136. The lowest BCUT2D eigenvalue weighted by Gasteiger charge is -2.32. The summed E-state index contributed by atoms with van der Waals surface area (Å²) >= 11 is 0. The Labute approximate surface area is 234 Å². The Morgan fingerprint density at radius 2 is 2.00 bits per heavy atom. The van der Waals surface area contributed by atoms with Crippen molar-refractivity contribution in [1.82, 2.24) is 20.9 Å². The van der Waals surface area contributed by atoms with Crippen LogP contribution in [0.4, 0.5) is 9.18 Å². The second kappa shape index (κ2) is 12.2. The van der Waals surface area contributed by atoms with E-state index in [0.29, 0.717) is 50.0 Å². The number of nitrogens with zero attached hydrogens (tertiary/aromatic N) is 1. The fourth-order valence-corrected chi connectivity index (χ4v) is 5.76. The Morgan fingerprint density at radius 1 is 1.18 bits per heavy atom. The minimum Gasteiger partial charge on any atom is -0.369 e. The van der Waals surface area contributed by atoms with E-state index in [1.807, 2.05) is 35.3 Å². The average Bonchev–Trinajstić information content (AvgIpc) is 3.27. The van der Waals surface area contributed by atoms with Crippen LogP contribution in [-0.4, -0.2) is 54.6 Å². The summed E-state index contributed by atoms with van der Waals surface area (Å²) < 4.78 is 20.2. The van der Waals surface area contributed by atoms with Crippen molar-refractivity contribution in [3.63, 3.8) is 0 Å². The van der Waals surface area contributed by atoms with Crippen LogP contribution in [0.15, 0.2) is 83.1 Å². The van der Waals surface area contributed by atoms with Crippen molar-refractivity contribution in [1.29, 1.82) is 0 Å². The van der Waals surface area contributed by atoms with Crippen molar-refractivity contribution < 1.29 is 23.5 Å². The van der Waals surface area contributed by atoms with Crippen LogP contribution in [0.25, 0.3) is 0 Å². The number of hydrogen-bond donors (Lipinski definition) is 3. The summed E-state index contributed by atoms with van der Waals surface area (Å²) in [6.45, 7) is 7.56. The number of piperidine rings is 1. The fraction of sp³-hybridized carbons (Fsp3) is 0.452. The highest BCUT2D eigenvalue weighted by atomic mass is 19.1. The normalized spacial score (nSPS) is 28.1. The molecule has 40 heavy (non-hydrogen) atoms. The number of carbonyl (C=O) groups excluding carboxylic acids is 3. The van der Waals surface area contributed by atoms with Crippen molar-refractivity contribution in [3.05, 3.63) is 83.1 Å². The minimum atomic E-state index is -0.385. The van der Waals surface area contributed by atoms with Gasteiger partial charge in [0.05, 0.1) is 12.7 Å². The molecular formula is C31H37FN4O4. The van der Waals surface area contributed by atoms with Crippen LogP contribution in [0, 0.1) is 11.8 Å². The van der Waals surface area contributed by atoms with E-state index in [1.54, 1.807) is 0 Å². The topological polar surface area (TPSA) is 99.8 Å². The standard InChI is InChI=1S/C31H37FN4O4/c1-3-20-4-6-22(27(32)15-20)18-40-25-9-7-24(8-10-25)34-31(39)33-16-21-5-11-26-19(2)36(17-23(26)14-21)28-12-13-29(37)35-30(28)38/h4-9,11,20-21,25,28H,2-3,10,12-18H2,1H3,(H2,33,34,39)(H,35,37,38). The third-order valence-electron chi connectivity index (χ3n) is 8.21. The molecule has 0 saturated carbocycles. The number of allylic oxidation sites excluding steroid dienone is 4. The molecule has 4 unspecified atom stereocenters. The number of carbonyl (C=O) groups is 3. The number of halogens is 1. The zero-order valence-electron chi connectivity index (χ0n) is 22.9. The highest BCUT2D eigenvalue weighted by Crippen LogP contribution is 2.37. The smallest absolute Gasteiger partial charge is 0.319 e. The van der Waals surface area contributed by atoms with Gasteiger partial charge in [-0.15, -0.1) is 0 Å². The predicted molar refractivity (Wildman–Crippen MR) is 150 cm³/mol. The van der Waals surface area contributed by atoms with Gasteiger partial charge in [-0.25, -0.2) is 9.18 Å². The van der Waals surface area contributed by atoms with Crippen LogP contribution in [0.5, 0.6) is 0 Å². The first-order valence-corrected chi connectivity index (χ1v) is 14.1. The summed E-state index contributed by atoms with van der Waals surface area (Å²) in [5.74, 6) is -0.189. The van der Waals surface area contributed by atoms with Crippen LogP contribution in [0.1, 0.15) is 45.4 Å². The Bertz CT molecular complexity index is 1270. The van der Waals surface area contributed by atoms with Gasteiger partial charge < -0.3 is 20.3 Å². The second-order valence-electron chi connectivity index (χ2n) is 11.0. The van der Waals surface area contributed by atoms with E-state index in [1.165, 1.54) is 5.57 Å². The molecule has 1 fully saturated rings. The van der Waals surface area contributed by atoms with E-state index in [9.17, 15) is 18.8 Å². The van der Waals surface area contributed by atoms with Gasteiger partial charge in [-0.1, -0.05) is 50.0 Å². The van der Waals surface area contributed by atoms with E-state index in [0.717, 1.165) is 24.1 Å². The molecule has 8 nitrogen and oxygen atoms in total. The second-order valence-corrected chi connectivity index (χ2v) is 11.0. The maximum atomic E-state index is 14.3. The molecule has 212 valence electrons. The molecule has 5 aliphatic rings. The summed E-state index contributed by atoms with van der Waals surface area (Å²) in [5.41, 5.74) is 4.35. The van der Waals surface area contributed by atoms with Crippen molar-refractivity contribution >= 4 is 17.8 Å². The average molecular weight is 549 g/mol. The molecule has 0 bridgehead atoms. The Kier molecular flexibility index (Phi) is 8.49. The van der Waals surface area contributed by atoms with Crippen molar-refractivity contribution in [3.8, 4) is 0 Å². The van der Waals surface area contributed by atoms with Gasteiger partial charge in [0.15, 0.2) is 0 Å². The van der Waals surface area contributed by atoms with Crippen molar-refractivity contribution in [2.24, 2.45) is 11.8 Å². The number of imide groups is 1. The van der Waals surface area contributed by atoms with Crippen molar-refractivity contribution in [2.75, 3.05) is 19.7 Å². The molecule has 0 radical (unpaired) electrons. The van der Waals surface area contributed by atoms with Crippen LogP contribution in [-0.2, 0) is 14.3 Å². The van der Waals surface area contributed by atoms with E-state index >= 15 is 0 Å². The number of urea groups is 1. The molecule has 0 aromatic heterocycles. The van der Waals surface area contributed by atoms with Gasteiger partial charge in [-0.2, -0.15) is 0 Å². The molecule has 4 amide bonds. The SMILES string of the molecule is C=C1C2=C(CC(CNC(=O)NC3=CCC(OCC4=C(F)CC(CC)C=C4)C=C3)C=C2)CN1C1CCC(=O)NC1=O. The number of rotatable bonds is 8. The quantitative estimate of drug-likeness (QED) is 0.394. The maximum absolute atomic E-state index is 14.3. The van der Waals surface area contributed by atoms with Crippen LogP contribution in [0.2, 0.25) is 0 Å². The van der Waals surface area contributed by atoms with E-state index in [2.05, 4.69) is 41.6 Å². The maximum Gasteiger partial charge on any atom is 0.319 e. The van der Waals surface area contributed by atoms with Crippen LogP contribution in [0.3, 0.4) is 0 Å². The molecule has 0 aromatic carbocycles. The summed E-state index contributed by atoms with van der Waals surface area (Å²) in [7, 11) is 0.